The van der Waals surface area contributed by atoms with Crippen LogP contribution >= 0.6 is 42.4 Å². The number of oxime groups is 1. The molecule has 2 rings (SSSR count). The van der Waals surface area contributed by atoms with Crippen LogP contribution in [0.2, 0.25) is 15.1 Å². The van der Waals surface area contributed by atoms with Crippen molar-refractivity contribution in [3.63, 3.8) is 0 Å². The van der Waals surface area contributed by atoms with Gasteiger partial charge in [-0.2, -0.15) is 0 Å². The number of ether oxygens (including phenoxy) is 1. The Hall–Kier alpha value is -1.60. The monoisotopic (exact) mass is 493 g/mol. The van der Waals surface area contributed by atoms with Crippen LogP contribution < -0.4 is 4.74 Å². The highest BCUT2D eigenvalue weighted by Crippen LogP contribution is 2.51. The van der Waals surface area contributed by atoms with Crippen molar-refractivity contribution in [1.29, 1.82) is 0 Å². The molecule has 0 bridgehead atoms. The smallest absolute Gasteiger partial charge is 0.386 e. The van der Waals surface area contributed by atoms with Crippen molar-refractivity contribution >= 4 is 53.6 Å². The van der Waals surface area contributed by atoms with Gasteiger partial charge in [0.2, 0.25) is 11.2 Å². The van der Waals surface area contributed by atoms with E-state index in [0.29, 0.717) is 15.6 Å². The molecule has 0 aliphatic rings. The van der Waals surface area contributed by atoms with Gasteiger partial charge in [-0.05, 0) is 38.1 Å². The SMILES string of the molecule is CCOP(=O)(OCC)/C(=N\O)C(=O)C(Oc1ccc(Cl)c(Cl)c1)c1ccc(Cl)cc1. The first-order valence-electron chi connectivity index (χ1n) is 8.78. The molecular weight excluding hydrogens is 476 g/mol. The molecule has 0 aliphatic heterocycles. The van der Waals surface area contributed by atoms with Crippen molar-refractivity contribution in [1.82, 2.24) is 0 Å². The standard InChI is InChI=1S/C19H19Cl3NO6P/c1-3-27-30(26,28-4-2)19(23-25)17(24)18(12-5-7-13(20)8-6-12)29-14-9-10-15(21)16(22)11-14/h5-11,18,25H,3-4H2,1-2H3/b23-19-. The van der Waals surface area contributed by atoms with Gasteiger partial charge in [-0.1, -0.05) is 52.1 Å². The summed E-state index contributed by atoms with van der Waals surface area (Å²) in [7, 11) is -4.19. The van der Waals surface area contributed by atoms with Gasteiger partial charge in [-0.3, -0.25) is 9.36 Å². The second kappa shape index (κ2) is 11.1. The van der Waals surface area contributed by atoms with Crippen LogP contribution in [0.5, 0.6) is 5.75 Å². The zero-order valence-electron chi connectivity index (χ0n) is 16.0. The van der Waals surface area contributed by atoms with Gasteiger partial charge in [-0.25, -0.2) is 0 Å². The predicted octanol–water partition coefficient (Wildman–Crippen LogP) is 6.39. The maximum Gasteiger partial charge on any atom is 0.386 e. The van der Waals surface area contributed by atoms with Crippen molar-refractivity contribution in [2.45, 2.75) is 20.0 Å². The molecule has 1 unspecified atom stereocenters. The summed E-state index contributed by atoms with van der Waals surface area (Å²) in [5, 5.41) is 13.4. The Kier molecular flexibility index (Phi) is 9.16. The topological polar surface area (TPSA) is 94.4 Å². The lowest BCUT2D eigenvalue weighted by molar-refractivity contribution is -0.119. The van der Waals surface area contributed by atoms with Crippen molar-refractivity contribution in [3.8, 4) is 5.75 Å². The molecule has 0 amide bonds. The van der Waals surface area contributed by atoms with Gasteiger partial charge in [0.25, 0.3) is 0 Å². The van der Waals surface area contributed by atoms with E-state index in [-0.39, 0.29) is 24.0 Å². The van der Waals surface area contributed by atoms with Crippen LogP contribution in [0.1, 0.15) is 25.5 Å². The number of Topliss-reactive ketones (excluding diaryl/α,β-unsaturated/α-hetero) is 1. The Morgan fingerprint density at radius 1 is 1.03 bits per heavy atom. The number of benzene rings is 2. The molecule has 1 atom stereocenters. The Morgan fingerprint density at radius 2 is 1.63 bits per heavy atom. The van der Waals surface area contributed by atoms with Crippen LogP contribution in [0.15, 0.2) is 47.6 Å². The number of rotatable bonds is 10. The maximum atomic E-state index is 13.3. The number of carbonyl (C=O) groups excluding carboxylic acids is 1. The molecule has 7 nitrogen and oxygen atoms in total. The van der Waals surface area contributed by atoms with E-state index in [1.807, 2.05) is 0 Å². The first kappa shape index (κ1) is 24.7. The molecule has 0 fully saturated rings. The second-order valence-corrected chi connectivity index (χ2v) is 8.93. The fourth-order valence-corrected chi connectivity index (χ4v) is 4.36. The van der Waals surface area contributed by atoms with E-state index in [1.165, 1.54) is 18.2 Å². The number of ketones is 1. The van der Waals surface area contributed by atoms with E-state index in [4.69, 9.17) is 48.6 Å². The maximum absolute atomic E-state index is 13.3. The molecule has 0 saturated carbocycles. The third kappa shape index (κ3) is 5.97. The second-order valence-electron chi connectivity index (χ2n) is 5.75. The molecular formula is C19H19Cl3NO6P. The number of halogens is 3. The highest BCUT2D eigenvalue weighted by atomic mass is 35.5. The largest absolute Gasteiger partial charge is 0.477 e. The minimum absolute atomic E-state index is 0.0389. The zero-order valence-corrected chi connectivity index (χ0v) is 19.2. The Bertz CT molecular complexity index is 957. The highest BCUT2D eigenvalue weighted by molar-refractivity contribution is 7.75. The summed E-state index contributed by atoms with van der Waals surface area (Å²) in [5.74, 6) is -0.714. The molecule has 30 heavy (non-hydrogen) atoms. The number of hydrogen-bond acceptors (Lipinski definition) is 7. The van der Waals surface area contributed by atoms with Gasteiger partial charge >= 0.3 is 7.60 Å². The molecule has 2 aromatic rings. The molecule has 0 radical (unpaired) electrons. The fraction of sp³-hybridized carbons (Fsp3) is 0.263. The average Bonchev–Trinajstić information content (AvgIpc) is 2.70. The van der Waals surface area contributed by atoms with E-state index in [9.17, 15) is 14.6 Å². The first-order valence-corrected chi connectivity index (χ1v) is 11.5. The van der Waals surface area contributed by atoms with E-state index < -0.39 is 24.9 Å². The lowest BCUT2D eigenvalue weighted by Gasteiger charge is -2.22. The van der Waals surface area contributed by atoms with Gasteiger partial charge in [0.05, 0.1) is 23.3 Å². The van der Waals surface area contributed by atoms with Crippen molar-refractivity contribution in [2.75, 3.05) is 13.2 Å². The molecule has 0 heterocycles. The molecule has 1 N–H and O–H groups in total. The molecule has 0 aliphatic carbocycles. The average molecular weight is 495 g/mol. The van der Waals surface area contributed by atoms with Crippen LogP contribution in [0.25, 0.3) is 0 Å². The summed E-state index contributed by atoms with van der Waals surface area (Å²) < 4.78 is 29.1. The van der Waals surface area contributed by atoms with Crippen molar-refractivity contribution in [3.05, 3.63) is 63.1 Å². The number of nitrogens with zero attached hydrogens (tertiary/aromatic N) is 1. The Balaban J connectivity index is 2.51. The Morgan fingerprint density at radius 3 is 2.13 bits per heavy atom. The minimum atomic E-state index is -4.19. The summed E-state index contributed by atoms with van der Waals surface area (Å²) >= 11 is 17.9. The number of carbonyl (C=O) groups is 1. The van der Waals surface area contributed by atoms with Gasteiger partial charge < -0.3 is 19.0 Å². The van der Waals surface area contributed by atoms with Gasteiger partial charge in [0, 0.05) is 16.7 Å². The van der Waals surface area contributed by atoms with E-state index >= 15 is 0 Å². The van der Waals surface area contributed by atoms with Crippen LogP contribution in [0.3, 0.4) is 0 Å². The van der Waals surface area contributed by atoms with E-state index in [0.717, 1.165) is 0 Å². The third-order valence-corrected chi connectivity index (χ3v) is 6.74. The lowest BCUT2D eigenvalue weighted by atomic mass is 10.1. The van der Waals surface area contributed by atoms with Gasteiger partial charge in [-0.15, -0.1) is 0 Å². The molecule has 162 valence electrons. The summed E-state index contributed by atoms with van der Waals surface area (Å²) in [4.78, 5) is 13.3. The van der Waals surface area contributed by atoms with Crippen LogP contribution in [0, 0.1) is 0 Å². The molecule has 0 saturated heterocycles. The summed E-state index contributed by atoms with van der Waals surface area (Å²) in [6.07, 6.45) is -1.36. The van der Waals surface area contributed by atoms with E-state index in [2.05, 4.69) is 5.16 Å². The Labute approximate surface area is 189 Å². The van der Waals surface area contributed by atoms with Crippen LogP contribution in [0.4, 0.5) is 0 Å². The van der Waals surface area contributed by atoms with Gasteiger partial charge in [0.1, 0.15) is 5.75 Å². The highest BCUT2D eigenvalue weighted by Gasteiger charge is 2.42. The number of hydrogen-bond donors (Lipinski definition) is 1. The first-order chi connectivity index (χ1) is 14.3. The third-order valence-electron chi connectivity index (χ3n) is 3.73. The molecule has 11 heteroatoms. The van der Waals surface area contributed by atoms with Crippen LogP contribution in [-0.2, 0) is 18.4 Å². The normalized spacial score (nSPS) is 13.2. The predicted molar refractivity (Wildman–Crippen MR) is 116 cm³/mol. The molecule has 2 aromatic carbocycles. The zero-order chi connectivity index (χ0) is 22.3. The van der Waals surface area contributed by atoms with Gasteiger partial charge in [0.15, 0.2) is 6.10 Å². The lowest BCUT2D eigenvalue weighted by Crippen LogP contribution is -2.28. The van der Waals surface area contributed by atoms with Crippen molar-refractivity contribution < 1.29 is 28.4 Å². The fourth-order valence-electron chi connectivity index (χ4n) is 2.45. The molecule has 0 spiro atoms. The minimum Gasteiger partial charge on any atom is -0.477 e. The summed E-state index contributed by atoms with van der Waals surface area (Å²) in [6.45, 7) is 3.05. The van der Waals surface area contributed by atoms with Crippen molar-refractivity contribution in [2.24, 2.45) is 5.16 Å². The quantitative estimate of drug-likeness (QED) is 0.178. The summed E-state index contributed by atoms with van der Waals surface area (Å²) in [5.41, 5.74) is -0.428. The van der Waals surface area contributed by atoms with E-state index in [1.54, 1.807) is 38.1 Å². The summed E-state index contributed by atoms with van der Waals surface area (Å²) in [6, 6.07) is 10.6. The van der Waals surface area contributed by atoms with Crippen LogP contribution in [-0.4, -0.2) is 29.7 Å². The molecule has 0 aromatic heterocycles.